The Morgan fingerprint density at radius 2 is 1.95 bits per heavy atom. The number of ether oxygens (including phenoxy) is 1. The van der Waals surface area contributed by atoms with Gasteiger partial charge in [-0.15, -0.1) is 0 Å². The predicted octanol–water partition coefficient (Wildman–Crippen LogP) is 3.81. The van der Waals surface area contributed by atoms with Gasteiger partial charge in [0.2, 0.25) is 0 Å². The molecule has 0 aliphatic rings. The third-order valence-electron chi connectivity index (χ3n) is 3.52. The van der Waals surface area contributed by atoms with E-state index in [0.717, 1.165) is 17.0 Å². The summed E-state index contributed by atoms with van der Waals surface area (Å²) >= 11 is 5.12. The van der Waals surface area contributed by atoms with E-state index in [9.17, 15) is 0 Å². The van der Waals surface area contributed by atoms with Crippen LogP contribution in [-0.4, -0.2) is 12.1 Å². The molecule has 0 aliphatic carbocycles. The van der Waals surface area contributed by atoms with Crippen LogP contribution in [0.15, 0.2) is 42.5 Å². The smallest absolute Gasteiger partial charge is 0.120 e. The van der Waals surface area contributed by atoms with Crippen molar-refractivity contribution in [3.05, 3.63) is 59.2 Å². The number of hydrogen-bond donors (Lipinski definition) is 2. The summed E-state index contributed by atoms with van der Waals surface area (Å²) in [4.78, 5) is 0.372. The zero-order valence-corrected chi connectivity index (χ0v) is 13.3. The van der Waals surface area contributed by atoms with Crippen LogP contribution in [0.4, 0.5) is 5.69 Å². The molecule has 0 saturated carbocycles. The van der Waals surface area contributed by atoms with Gasteiger partial charge in [-0.3, -0.25) is 0 Å². The molecule has 0 saturated heterocycles. The van der Waals surface area contributed by atoms with Crippen molar-refractivity contribution in [2.24, 2.45) is 5.73 Å². The minimum absolute atomic E-state index is 0.145. The van der Waals surface area contributed by atoms with Crippen LogP contribution in [0.1, 0.15) is 29.7 Å². The van der Waals surface area contributed by atoms with Gasteiger partial charge in [-0.1, -0.05) is 36.5 Å². The lowest BCUT2D eigenvalue weighted by Crippen LogP contribution is -2.15. The molecule has 2 aromatic carbocycles. The summed E-state index contributed by atoms with van der Waals surface area (Å²) in [5.41, 5.74) is 10.0. The second-order valence-electron chi connectivity index (χ2n) is 5.00. The second kappa shape index (κ2) is 6.59. The van der Waals surface area contributed by atoms with Crippen LogP contribution in [0, 0.1) is 6.92 Å². The molecule has 0 aromatic heterocycles. The van der Waals surface area contributed by atoms with Crippen LogP contribution in [0.3, 0.4) is 0 Å². The molecule has 0 radical (unpaired) electrons. The number of nitrogens with one attached hydrogen (secondary N) is 1. The van der Waals surface area contributed by atoms with Gasteiger partial charge in [0.1, 0.15) is 10.7 Å². The molecule has 1 unspecified atom stereocenters. The van der Waals surface area contributed by atoms with E-state index in [1.807, 2.05) is 30.3 Å². The Morgan fingerprint density at radius 3 is 2.57 bits per heavy atom. The van der Waals surface area contributed by atoms with Crippen LogP contribution in [0.5, 0.6) is 5.75 Å². The van der Waals surface area contributed by atoms with E-state index in [1.165, 1.54) is 11.1 Å². The fourth-order valence-corrected chi connectivity index (χ4v) is 2.55. The summed E-state index contributed by atoms with van der Waals surface area (Å²) in [6.07, 6.45) is 0. The summed E-state index contributed by atoms with van der Waals surface area (Å²) in [7, 11) is 1.64. The van der Waals surface area contributed by atoms with E-state index < -0.39 is 0 Å². The van der Waals surface area contributed by atoms with Gasteiger partial charge in [0.15, 0.2) is 0 Å². The van der Waals surface area contributed by atoms with Gasteiger partial charge in [0.05, 0.1) is 7.11 Å². The molecule has 0 spiro atoms. The number of rotatable bonds is 5. The zero-order chi connectivity index (χ0) is 15.4. The largest absolute Gasteiger partial charge is 0.497 e. The molecule has 2 aromatic rings. The highest BCUT2D eigenvalue weighted by Crippen LogP contribution is 2.27. The normalized spacial score (nSPS) is 11.8. The van der Waals surface area contributed by atoms with Gasteiger partial charge >= 0.3 is 0 Å². The molecule has 21 heavy (non-hydrogen) atoms. The molecular formula is C17H20N2OS. The average molecular weight is 300 g/mol. The maximum atomic E-state index is 5.80. The van der Waals surface area contributed by atoms with Crippen molar-refractivity contribution in [2.75, 3.05) is 12.4 Å². The molecule has 1 atom stereocenters. The van der Waals surface area contributed by atoms with Crippen LogP contribution in [-0.2, 0) is 0 Å². The third kappa shape index (κ3) is 3.52. The van der Waals surface area contributed by atoms with Crippen LogP contribution in [0.2, 0.25) is 0 Å². The highest BCUT2D eigenvalue weighted by atomic mass is 32.1. The van der Waals surface area contributed by atoms with Gasteiger partial charge in [0.25, 0.3) is 0 Å². The Morgan fingerprint density at radius 1 is 1.24 bits per heavy atom. The van der Waals surface area contributed by atoms with E-state index in [1.54, 1.807) is 7.11 Å². The van der Waals surface area contributed by atoms with E-state index >= 15 is 0 Å². The van der Waals surface area contributed by atoms with E-state index in [4.69, 9.17) is 22.7 Å². The summed E-state index contributed by atoms with van der Waals surface area (Å²) in [6, 6.07) is 14.1. The molecule has 3 N–H and O–H groups in total. The maximum Gasteiger partial charge on any atom is 0.120 e. The Hall–Kier alpha value is -2.07. The Kier molecular flexibility index (Phi) is 4.81. The van der Waals surface area contributed by atoms with Gasteiger partial charge in [-0.25, -0.2) is 0 Å². The minimum Gasteiger partial charge on any atom is -0.497 e. The summed E-state index contributed by atoms with van der Waals surface area (Å²) < 4.78 is 5.28. The number of benzene rings is 2. The first-order valence-corrected chi connectivity index (χ1v) is 7.23. The lowest BCUT2D eigenvalue weighted by molar-refractivity contribution is 0.415. The Bertz CT molecular complexity index is 655. The van der Waals surface area contributed by atoms with Gasteiger partial charge in [0, 0.05) is 23.4 Å². The van der Waals surface area contributed by atoms with Crippen molar-refractivity contribution < 1.29 is 4.74 Å². The molecule has 0 fully saturated rings. The number of methoxy groups -OCH3 is 1. The molecule has 4 heteroatoms. The van der Waals surface area contributed by atoms with Gasteiger partial charge < -0.3 is 15.8 Å². The molecular weight excluding hydrogens is 280 g/mol. The fourth-order valence-electron chi connectivity index (χ4n) is 2.37. The summed E-state index contributed by atoms with van der Waals surface area (Å²) in [5, 5.41) is 3.48. The average Bonchev–Trinajstić information content (AvgIpc) is 2.47. The number of hydrogen-bond acceptors (Lipinski definition) is 3. The number of aryl methyl sites for hydroxylation is 1. The van der Waals surface area contributed by atoms with Gasteiger partial charge in [-0.2, -0.15) is 0 Å². The Labute approximate surface area is 131 Å². The first kappa shape index (κ1) is 15.3. The molecule has 0 bridgehead atoms. The third-order valence-corrected chi connectivity index (χ3v) is 3.74. The van der Waals surface area contributed by atoms with Crippen molar-refractivity contribution in [3.63, 3.8) is 0 Å². The quantitative estimate of drug-likeness (QED) is 0.824. The first-order valence-electron chi connectivity index (χ1n) is 6.83. The lowest BCUT2D eigenvalue weighted by Gasteiger charge is -2.20. The predicted molar refractivity (Wildman–Crippen MR) is 92.1 cm³/mol. The summed E-state index contributed by atoms with van der Waals surface area (Å²) in [5.74, 6) is 0.773. The standard InChI is InChI=1S/C17H20N2OS/c1-11-6-4-5-7-14(11)12(2)19-16-10-13(20-3)8-9-15(16)17(18)21/h4-10,12,19H,1-3H3,(H2,18,21). The van der Waals surface area contributed by atoms with Crippen LogP contribution >= 0.6 is 12.2 Å². The molecule has 110 valence electrons. The van der Waals surface area contributed by atoms with E-state index in [0.29, 0.717) is 4.99 Å². The lowest BCUT2D eigenvalue weighted by atomic mass is 10.0. The summed E-state index contributed by atoms with van der Waals surface area (Å²) in [6.45, 7) is 4.22. The van der Waals surface area contributed by atoms with Crippen molar-refractivity contribution in [2.45, 2.75) is 19.9 Å². The number of anilines is 1. The maximum absolute atomic E-state index is 5.80. The first-order chi connectivity index (χ1) is 10.0. The number of nitrogens with two attached hydrogens (primary N) is 1. The van der Waals surface area contributed by atoms with Crippen LogP contribution < -0.4 is 15.8 Å². The molecule has 3 nitrogen and oxygen atoms in total. The molecule has 0 aliphatic heterocycles. The van der Waals surface area contributed by atoms with Gasteiger partial charge in [-0.05, 0) is 37.1 Å². The topological polar surface area (TPSA) is 47.3 Å². The highest BCUT2D eigenvalue weighted by Gasteiger charge is 2.12. The zero-order valence-electron chi connectivity index (χ0n) is 12.5. The van der Waals surface area contributed by atoms with E-state index in [-0.39, 0.29) is 6.04 Å². The number of thiocarbonyl (C=S) groups is 1. The molecule has 2 rings (SSSR count). The Balaban J connectivity index is 2.34. The SMILES string of the molecule is COc1ccc(C(N)=S)c(NC(C)c2ccccc2C)c1. The van der Waals surface area contributed by atoms with E-state index in [2.05, 4.69) is 31.3 Å². The fraction of sp³-hybridized carbons (Fsp3) is 0.235. The van der Waals surface area contributed by atoms with Crippen molar-refractivity contribution in [1.82, 2.24) is 0 Å². The monoisotopic (exact) mass is 300 g/mol. The molecule has 0 heterocycles. The molecule has 0 amide bonds. The van der Waals surface area contributed by atoms with Crippen molar-refractivity contribution in [1.29, 1.82) is 0 Å². The highest BCUT2D eigenvalue weighted by molar-refractivity contribution is 7.80. The second-order valence-corrected chi connectivity index (χ2v) is 5.44. The van der Waals surface area contributed by atoms with Crippen LogP contribution in [0.25, 0.3) is 0 Å². The minimum atomic E-state index is 0.145. The van der Waals surface area contributed by atoms with Crippen molar-refractivity contribution in [3.8, 4) is 5.75 Å². The van der Waals surface area contributed by atoms with Crippen molar-refractivity contribution >= 4 is 22.9 Å².